The molecular weight excluding hydrogens is 284 g/mol. The number of aromatic nitrogens is 2. The van der Waals surface area contributed by atoms with Crippen molar-refractivity contribution in [3.63, 3.8) is 0 Å². The molecule has 17 heavy (non-hydrogen) atoms. The summed E-state index contributed by atoms with van der Waals surface area (Å²) >= 11 is 3.31. The minimum Gasteiger partial charge on any atom is -0.353 e. The molecule has 0 radical (unpaired) electrons. The van der Waals surface area contributed by atoms with Gasteiger partial charge >= 0.3 is 0 Å². The van der Waals surface area contributed by atoms with Gasteiger partial charge in [-0.15, -0.1) is 0 Å². The zero-order chi connectivity index (χ0) is 11.8. The van der Waals surface area contributed by atoms with Crippen LogP contribution in [0.25, 0.3) is 0 Å². The summed E-state index contributed by atoms with van der Waals surface area (Å²) in [5.41, 5.74) is -0.111. The van der Waals surface area contributed by atoms with Gasteiger partial charge in [0, 0.05) is 32.2 Å². The maximum Gasteiger partial charge on any atom is 0.267 e. The Morgan fingerprint density at radius 3 is 2.65 bits per heavy atom. The van der Waals surface area contributed by atoms with Gasteiger partial charge in [0.2, 0.25) is 0 Å². The number of rotatable bonds is 2. The van der Waals surface area contributed by atoms with E-state index in [2.05, 4.69) is 35.7 Å². The highest BCUT2D eigenvalue weighted by molar-refractivity contribution is 9.10. The quantitative estimate of drug-likeness (QED) is 0.878. The number of hydrogen-bond donors (Lipinski definition) is 1. The van der Waals surface area contributed by atoms with Crippen molar-refractivity contribution in [3.8, 4) is 0 Å². The summed E-state index contributed by atoms with van der Waals surface area (Å²) in [6.45, 7) is 4.05. The molecule has 1 aliphatic carbocycles. The van der Waals surface area contributed by atoms with Crippen LogP contribution in [0.1, 0.15) is 12.8 Å². The predicted octanol–water partition coefficient (Wildman–Crippen LogP) is 0.817. The first-order valence-electron chi connectivity index (χ1n) is 5.98. The van der Waals surface area contributed by atoms with E-state index in [1.54, 1.807) is 0 Å². The third-order valence-electron chi connectivity index (χ3n) is 3.46. The van der Waals surface area contributed by atoms with Crippen LogP contribution in [-0.2, 0) is 0 Å². The molecule has 1 N–H and O–H groups in total. The summed E-state index contributed by atoms with van der Waals surface area (Å²) in [5.74, 6) is 0.768. The van der Waals surface area contributed by atoms with E-state index in [1.165, 1.54) is 19.2 Å². The molecule has 5 nitrogen and oxygen atoms in total. The topological polar surface area (TPSA) is 52.2 Å². The second-order valence-corrected chi connectivity index (χ2v) is 5.42. The van der Waals surface area contributed by atoms with E-state index < -0.39 is 0 Å². The normalized spacial score (nSPS) is 21.8. The maximum absolute atomic E-state index is 11.5. The maximum atomic E-state index is 11.5. The van der Waals surface area contributed by atoms with Crippen molar-refractivity contribution in [2.24, 2.45) is 0 Å². The molecule has 1 aromatic heterocycles. The van der Waals surface area contributed by atoms with Crippen molar-refractivity contribution in [2.75, 3.05) is 31.1 Å². The first-order valence-corrected chi connectivity index (χ1v) is 6.77. The second kappa shape index (κ2) is 4.42. The van der Waals surface area contributed by atoms with Gasteiger partial charge in [0.05, 0.1) is 6.33 Å². The van der Waals surface area contributed by atoms with Crippen LogP contribution >= 0.6 is 15.9 Å². The molecule has 6 heteroatoms. The molecule has 0 spiro atoms. The van der Waals surface area contributed by atoms with Crippen LogP contribution in [0.4, 0.5) is 5.82 Å². The van der Waals surface area contributed by atoms with Gasteiger partial charge in [-0.1, -0.05) is 0 Å². The van der Waals surface area contributed by atoms with Gasteiger partial charge in [-0.05, 0) is 28.8 Å². The summed E-state index contributed by atoms with van der Waals surface area (Å²) in [7, 11) is 0. The molecule has 1 saturated carbocycles. The molecule has 0 amide bonds. The average Bonchev–Trinajstić information content (AvgIpc) is 3.17. The fourth-order valence-electron chi connectivity index (χ4n) is 2.33. The van der Waals surface area contributed by atoms with Gasteiger partial charge in [0.15, 0.2) is 0 Å². The van der Waals surface area contributed by atoms with Crippen LogP contribution in [0.5, 0.6) is 0 Å². The highest BCUT2D eigenvalue weighted by atomic mass is 79.9. The Balaban J connectivity index is 1.73. The van der Waals surface area contributed by atoms with Crippen LogP contribution in [0.3, 0.4) is 0 Å². The fourth-order valence-corrected chi connectivity index (χ4v) is 2.80. The Labute approximate surface area is 108 Å². The molecule has 1 aliphatic heterocycles. The number of anilines is 1. The van der Waals surface area contributed by atoms with Gasteiger partial charge in [-0.25, -0.2) is 4.98 Å². The van der Waals surface area contributed by atoms with Gasteiger partial charge in [0.1, 0.15) is 10.3 Å². The average molecular weight is 299 g/mol. The number of nitrogens with one attached hydrogen (secondary N) is 1. The lowest BCUT2D eigenvalue weighted by molar-refractivity contribution is 0.247. The Morgan fingerprint density at radius 1 is 1.29 bits per heavy atom. The Hall–Kier alpha value is -0.880. The van der Waals surface area contributed by atoms with Crippen molar-refractivity contribution in [3.05, 3.63) is 21.2 Å². The standard InChI is InChI=1S/C11H15BrN4O/c12-9-10(13-7-14-11(9)17)16-5-3-15(4-6-16)8-1-2-8/h7-8H,1-6H2,(H,13,14,17). The molecule has 0 atom stereocenters. The van der Waals surface area contributed by atoms with Crippen molar-refractivity contribution >= 4 is 21.7 Å². The smallest absolute Gasteiger partial charge is 0.267 e. The first kappa shape index (κ1) is 11.2. The third kappa shape index (κ3) is 2.24. The van der Waals surface area contributed by atoms with Crippen LogP contribution in [0, 0.1) is 0 Å². The molecule has 0 aromatic carbocycles. The van der Waals surface area contributed by atoms with Crippen molar-refractivity contribution < 1.29 is 0 Å². The minimum absolute atomic E-state index is 0.111. The molecule has 3 rings (SSSR count). The van der Waals surface area contributed by atoms with Crippen molar-refractivity contribution in [1.82, 2.24) is 14.9 Å². The predicted molar refractivity (Wildman–Crippen MR) is 69.4 cm³/mol. The van der Waals surface area contributed by atoms with Crippen molar-refractivity contribution in [2.45, 2.75) is 18.9 Å². The molecule has 0 unspecified atom stereocenters. The number of nitrogens with zero attached hydrogens (tertiary/aromatic N) is 3. The van der Waals surface area contributed by atoms with E-state index in [-0.39, 0.29) is 5.56 Å². The lowest BCUT2D eigenvalue weighted by Gasteiger charge is -2.35. The third-order valence-corrected chi connectivity index (χ3v) is 4.17. The molecule has 1 saturated heterocycles. The van der Waals surface area contributed by atoms with E-state index in [0.717, 1.165) is 38.0 Å². The number of halogens is 1. The molecule has 1 aromatic rings. The van der Waals surface area contributed by atoms with E-state index in [9.17, 15) is 4.79 Å². The first-order chi connectivity index (χ1) is 8.25. The van der Waals surface area contributed by atoms with Crippen LogP contribution in [0.2, 0.25) is 0 Å². The van der Waals surface area contributed by atoms with E-state index in [1.807, 2.05) is 0 Å². The molecular formula is C11H15BrN4O. The zero-order valence-corrected chi connectivity index (χ0v) is 11.1. The summed E-state index contributed by atoms with van der Waals surface area (Å²) in [4.78, 5) is 23.0. The zero-order valence-electron chi connectivity index (χ0n) is 9.53. The molecule has 2 heterocycles. The van der Waals surface area contributed by atoms with Gasteiger partial charge in [0.25, 0.3) is 5.56 Å². The van der Waals surface area contributed by atoms with Crippen molar-refractivity contribution in [1.29, 1.82) is 0 Å². The summed E-state index contributed by atoms with van der Waals surface area (Å²) in [5, 5.41) is 0. The monoisotopic (exact) mass is 298 g/mol. The van der Waals surface area contributed by atoms with Crippen LogP contribution in [0.15, 0.2) is 15.6 Å². The Kier molecular flexibility index (Phi) is 2.92. The van der Waals surface area contributed by atoms with Crippen LogP contribution in [-0.4, -0.2) is 47.1 Å². The molecule has 2 fully saturated rings. The highest BCUT2D eigenvalue weighted by Gasteiger charge is 2.31. The molecule has 92 valence electrons. The minimum atomic E-state index is -0.111. The largest absolute Gasteiger partial charge is 0.353 e. The molecule has 2 aliphatic rings. The number of aromatic amines is 1. The van der Waals surface area contributed by atoms with Gasteiger partial charge in [-0.2, -0.15) is 0 Å². The lowest BCUT2D eigenvalue weighted by Crippen LogP contribution is -2.47. The van der Waals surface area contributed by atoms with E-state index >= 15 is 0 Å². The van der Waals surface area contributed by atoms with Gasteiger partial charge in [-0.3, -0.25) is 9.69 Å². The van der Waals surface area contributed by atoms with E-state index in [0.29, 0.717) is 4.47 Å². The summed E-state index contributed by atoms with van der Waals surface area (Å²) in [6, 6.07) is 0.827. The summed E-state index contributed by atoms with van der Waals surface area (Å²) in [6.07, 6.45) is 4.18. The Bertz CT molecular complexity index is 463. The Morgan fingerprint density at radius 2 is 2.00 bits per heavy atom. The molecule has 0 bridgehead atoms. The fraction of sp³-hybridized carbons (Fsp3) is 0.636. The number of piperazine rings is 1. The highest BCUT2D eigenvalue weighted by Crippen LogP contribution is 2.28. The van der Waals surface area contributed by atoms with Gasteiger partial charge < -0.3 is 9.88 Å². The summed E-state index contributed by atoms with van der Waals surface area (Å²) < 4.78 is 0.542. The van der Waals surface area contributed by atoms with E-state index in [4.69, 9.17) is 0 Å². The van der Waals surface area contributed by atoms with Crippen LogP contribution < -0.4 is 10.5 Å². The number of hydrogen-bond acceptors (Lipinski definition) is 4. The lowest BCUT2D eigenvalue weighted by atomic mass is 10.3. The SMILES string of the molecule is O=c1[nH]cnc(N2CCN(C3CC3)CC2)c1Br. The number of H-pyrrole nitrogens is 1. The second-order valence-electron chi connectivity index (χ2n) is 4.62.